The lowest BCUT2D eigenvalue weighted by Crippen LogP contribution is -2.30. The molecule has 1 aromatic rings. The van der Waals surface area contributed by atoms with Gasteiger partial charge in [0.25, 0.3) is 0 Å². The van der Waals surface area contributed by atoms with E-state index in [-0.39, 0.29) is 5.15 Å². The number of nitrogens with zero attached hydrogens (tertiary/aromatic N) is 2. The second-order valence-electron chi connectivity index (χ2n) is 3.52. The third-order valence-corrected chi connectivity index (χ3v) is 4.64. The van der Waals surface area contributed by atoms with E-state index in [1.54, 1.807) is 11.8 Å². The summed E-state index contributed by atoms with van der Waals surface area (Å²) in [6.45, 7) is 2.10. The Morgan fingerprint density at radius 1 is 1.71 bits per heavy atom. The molecule has 0 aliphatic rings. The molecule has 0 saturated heterocycles. The van der Waals surface area contributed by atoms with Gasteiger partial charge < -0.3 is 9.64 Å². The van der Waals surface area contributed by atoms with Crippen LogP contribution < -0.4 is 4.90 Å². The third-order valence-electron chi connectivity index (χ3n) is 2.32. The van der Waals surface area contributed by atoms with Crippen LogP contribution in [0.1, 0.15) is 16.6 Å². The van der Waals surface area contributed by atoms with Gasteiger partial charge in [-0.3, -0.25) is 0 Å². The number of ether oxygens (including phenoxy) is 1. The van der Waals surface area contributed by atoms with Gasteiger partial charge in [-0.1, -0.05) is 22.9 Å². The van der Waals surface area contributed by atoms with Gasteiger partial charge in [-0.25, -0.2) is 9.78 Å². The van der Waals surface area contributed by atoms with E-state index in [4.69, 9.17) is 11.6 Å². The van der Waals surface area contributed by atoms with Gasteiger partial charge in [-0.2, -0.15) is 11.8 Å². The molecule has 0 aromatic carbocycles. The van der Waals surface area contributed by atoms with Crippen molar-refractivity contribution in [2.45, 2.75) is 13.0 Å². The fraction of sp³-hybridized carbons (Fsp3) is 0.600. The molecule has 1 unspecified atom stereocenters. The van der Waals surface area contributed by atoms with Crippen molar-refractivity contribution in [3.05, 3.63) is 10.0 Å². The molecule has 0 aliphatic heterocycles. The highest BCUT2D eigenvalue weighted by Crippen LogP contribution is 2.30. The number of methoxy groups -OCH3 is 1. The Morgan fingerprint density at radius 2 is 2.35 bits per heavy atom. The van der Waals surface area contributed by atoms with Crippen LogP contribution in [-0.2, 0) is 4.74 Å². The first-order valence-corrected chi connectivity index (χ1v) is 7.56. The van der Waals surface area contributed by atoms with Gasteiger partial charge in [0, 0.05) is 18.8 Å². The molecule has 0 bridgehead atoms. The van der Waals surface area contributed by atoms with Crippen molar-refractivity contribution in [1.82, 2.24) is 4.98 Å². The average molecular weight is 295 g/mol. The number of carbonyl (C=O) groups is 1. The predicted octanol–water partition coefficient (Wildman–Crippen LogP) is 2.77. The van der Waals surface area contributed by atoms with E-state index in [9.17, 15) is 4.79 Å². The lowest BCUT2D eigenvalue weighted by molar-refractivity contribution is 0.0606. The topological polar surface area (TPSA) is 42.4 Å². The average Bonchev–Trinajstić information content (AvgIpc) is 2.69. The zero-order valence-electron chi connectivity index (χ0n) is 10.2. The summed E-state index contributed by atoms with van der Waals surface area (Å²) in [4.78, 5) is 18.0. The van der Waals surface area contributed by atoms with E-state index in [0.717, 1.165) is 10.9 Å². The SMILES string of the molecule is COC(=O)c1sc(N(C)C(C)CSC)nc1Cl. The number of thioether (sulfide) groups is 1. The molecule has 0 aliphatic carbocycles. The van der Waals surface area contributed by atoms with E-state index in [1.165, 1.54) is 18.4 Å². The van der Waals surface area contributed by atoms with Gasteiger partial charge in [0.15, 0.2) is 15.2 Å². The molecule has 0 N–H and O–H groups in total. The van der Waals surface area contributed by atoms with Crippen LogP contribution in [0.25, 0.3) is 0 Å². The van der Waals surface area contributed by atoms with Crippen LogP contribution in [0, 0.1) is 0 Å². The lowest BCUT2D eigenvalue weighted by Gasteiger charge is -2.23. The van der Waals surface area contributed by atoms with E-state index in [2.05, 4.69) is 22.9 Å². The number of hydrogen-bond acceptors (Lipinski definition) is 6. The van der Waals surface area contributed by atoms with Crippen LogP contribution >= 0.6 is 34.7 Å². The maximum Gasteiger partial charge on any atom is 0.351 e. The molecule has 1 rings (SSSR count). The summed E-state index contributed by atoms with van der Waals surface area (Å²) in [5.41, 5.74) is 0. The van der Waals surface area contributed by atoms with Gasteiger partial charge in [-0.15, -0.1) is 0 Å². The van der Waals surface area contributed by atoms with Crippen molar-refractivity contribution in [2.75, 3.05) is 31.1 Å². The highest BCUT2D eigenvalue weighted by Gasteiger charge is 2.21. The normalized spacial score (nSPS) is 12.3. The summed E-state index contributed by atoms with van der Waals surface area (Å²) in [6.07, 6.45) is 2.05. The standard InChI is InChI=1S/C10H15ClN2O2S2/c1-6(5-16-4)13(2)10-12-8(11)7(17-10)9(14)15-3/h6H,5H2,1-4H3. The fourth-order valence-corrected chi connectivity index (χ4v) is 3.17. The zero-order valence-corrected chi connectivity index (χ0v) is 12.6. The fourth-order valence-electron chi connectivity index (χ4n) is 1.20. The number of esters is 1. The highest BCUT2D eigenvalue weighted by atomic mass is 35.5. The van der Waals surface area contributed by atoms with Crippen LogP contribution in [0.2, 0.25) is 5.15 Å². The predicted molar refractivity (Wildman–Crippen MR) is 74.7 cm³/mol. The lowest BCUT2D eigenvalue weighted by atomic mass is 10.4. The molecule has 1 aromatic heterocycles. The number of thiazole rings is 1. The first kappa shape index (κ1) is 14.6. The molecule has 1 heterocycles. The smallest absolute Gasteiger partial charge is 0.351 e. The first-order chi connectivity index (χ1) is 8.01. The second-order valence-corrected chi connectivity index (χ2v) is 5.77. The van der Waals surface area contributed by atoms with Crippen molar-refractivity contribution in [1.29, 1.82) is 0 Å². The number of rotatable bonds is 5. The van der Waals surface area contributed by atoms with Crippen LogP contribution in [0.15, 0.2) is 0 Å². The number of aromatic nitrogens is 1. The van der Waals surface area contributed by atoms with Crippen molar-refractivity contribution in [3.8, 4) is 0 Å². The molecule has 4 nitrogen and oxygen atoms in total. The van der Waals surface area contributed by atoms with Gasteiger partial charge >= 0.3 is 5.97 Å². The van der Waals surface area contributed by atoms with Gasteiger partial charge in [0.2, 0.25) is 0 Å². The maximum atomic E-state index is 11.4. The maximum absolute atomic E-state index is 11.4. The number of carbonyl (C=O) groups excluding carboxylic acids is 1. The summed E-state index contributed by atoms with van der Waals surface area (Å²) in [5, 5.41) is 0.942. The highest BCUT2D eigenvalue weighted by molar-refractivity contribution is 7.98. The third kappa shape index (κ3) is 3.50. The van der Waals surface area contributed by atoms with E-state index in [0.29, 0.717) is 10.9 Å². The quantitative estimate of drug-likeness (QED) is 0.781. The Hall–Kier alpha value is -0.460. The van der Waals surface area contributed by atoms with Gasteiger partial charge in [0.1, 0.15) is 0 Å². The van der Waals surface area contributed by atoms with Crippen molar-refractivity contribution in [3.63, 3.8) is 0 Å². The largest absolute Gasteiger partial charge is 0.465 e. The Labute approximate surface area is 114 Å². The second kappa shape index (κ2) is 6.47. The van der Waals surface area contributed by atoms with Crippen LogP contribution in [0.3, 0.4) is 0 Å². The van der Waals surface area contributed by atoms with E-state index < -0.39 is 5.97 Å². The molecule has 7 heteroatoms. The van der Waals surface area contributed by atoms with Gasteiger partial charge in [-0.05, 0) is 13.2 Å². The zero-order chi connectivity index (χ0) is 13.0. The Kier molecular flexibility index (Phi) is 5.55. The summed E-state index contributed by atoms with van der Waals surface area (Å²) in [5.74, 6) is 0.547. The summed E-state index contributed by atoms with van der Waals surface area (Å²) >= 11 is 8.93. The molecule has 0 fully saturated rings. The van der Waals surface area contributed by atoms with E-state index >= 15 is 0 Å². The van der Waals surface area contributed by atoms with Crippen LogP contribution in [0.5, 0.6) is 0 Å². The summed E-state index contributed by atoms with van der Waals surface area (Å²) < 4.78 is 4.64. The molecule has 0 spiro atoms. The molecule has 0 radical (unpaired) electrons. The Bertz CT molecular complexity index is 398. The number of hydrogen-bond donors (Lipinski definition) is 0. The molecule has 96 valence electrons. The summed E-state index contributed by atoms with van der Waals surface area (Å²) in [7, 11) is 3.27. The van der Waals surface area contributed by atoms with E-state index in [1.807, 2.05) is 11.9 Å². The number of anilines is 1. The molecule has 1 atom stereocenters. The Balaban J connectivity index is 2.89. The molecule has 17 heavy (non-hydrogen) atoms. The van der Waals surface area contributed by atoms with Crippen LogP contribution in [0.4, 0.5) is 5.13 Å². The molecule has 0 amide bonds. The van der Waals surface area contributed by atoms with Crippen LogP contribution in [-0.4, -0.2) is 43.2 Å². The monoisotopic (exact) mass is 294 g/mol. The minimum Gasteiger partial charge on any atom is -0.465 e. The first-order valence-electron chi connectivity index (χ1n) is 4.97. The number of halogens is 1. The van der Waals surface area contributed by atoms with Crippen molar-refractivity contribution >= 4 is 45.8 Å². The molecular formula is C10H15ClN2O2S2. The minimum atomic E-state index is -0.440. The molecule has 0 saturated carbocycles. The minimum absolute atomic E-state index is 0.208. The van der Waals surface area contributed by atoms with Crippen molar-refractivity contribution in [2.24, 2.45) is 0 Å². The van der Waals surface area contributed by atoms with Gasteiger partial charge in [0.05, 0.1) is 7.11 Å². The summed E-state index contributed by atoms with van der Waals surface area (Å²) in [6, 6.07) is 0.331. The Morgan fingerprint density at radius 3 is 2.88 bits per heavy atom. The molecular weight excluding hydrogens is 280 g/mol. The van der Waals surface area contributed by atoms with Crippen molar-refractivity contribution < 1.29 is 9.53 Å².